The molecule has 2 heterocycles. The second-order valence-electron chi connectivity index (χ2n) is 8.02. The molecule has 0 radical (unpaired) electrons. The highest BCUT2D eigenvalue weighted by molar-refractivity contribution is 7.99. The molecule has 5 rings (SSSR count). The zero-order valence-corrected chi connectivity index (χ0v) is 21.0. The summed E-state index contributed by atoms with van der Waals surface area (Å²) in [6.45, 7) is 2.07. The van der Waals surface area contributed by atoms with Crippen molar-refractivity contribution in [3.05, 3.63) is 125 Å². The highest BCUT2D eigenvalue weighted by Crippen LogP contribution is 2.30. The topological polar surface area (TPSA) is 59.5 Å². The van der Waals surface area contributed by atoms with Crippen LogP contribution in [0.15, 0.2) is 123 Å². The molecular formula is C29H22ClN3O2S. The van der Waals surface area contributed by atoms with Crippen molar-refractivity contribution >= 4 is 35.5 Å². The quantitative estimate of drug-likeness (QED) is 0.180. The van der Waals surface area contributed by atoms with Crippen molar-refractivity contribution in [2.45, 2.75) is 16.9 Å². The van der Waals surface area contributed by atoms with Crippen molar-refractivity contribution in [1.29, 1.82) is 0 Å². The summed E-state index contributed by atoms with van der Waals surface area (Å²) in [5, 5.41) is 5.45. The second-order valence-corrected chi connectivity index (χ2v) is 9.53. The molecule has 2 aromatic heterocycles. The first-order valence-corrected chi connectivity index (χ1v) is 12.5. The molecule has 178 valence electrons. The molecule has 0 aliphatic rings. The first-order valence-electron chi connectivity index (χ1n) is 11.3. The Labute approximate surface area is 218 Å². The van der Waals surface area contributed by atoms with Gasteiger partial charge in [-0.1, -0.05) is 53.7 Å². The van der Waals surface area contributed by atoms with Gasteiger partial charge < -0.3 is 8.98 Å². The minimum atomic E-state index is -0.298. The molecule has 0 saturated heterocycles. The number of nitrogens with one attached hydrogen (secondary N) is 1. The molecule has 7 heteroatoms. The maximum absolute atomic E-state index is 12.6. The zero-order valence-electron chi connectivity index (χ0n) is 19.4. The molecule has 0 unspecified atom stereocenters. The lowest BCUT2D eigenvalue weighted by Gasteiger charge is -2.12. The molecule has 0 atom stereocenters. The van der Waals surface area contributed by atoms with Gasteiger partial charge in [-0.3, -0.25) is 4.79 Å². The summed E-state index contributed by atoms with van der Waals surface area (Å²) >= 11 is 7.40. The van der Waals surface area contributed by atoms with Gasteiger partial charge in [-0.15, -0.1) is 0 Å². The summed E-state index contributed by atoms with van der Waals surface area (Å²) in [5.74, 6) is 0.242. The number of nitrogens with zero attached hydrogens (tertiary/aromatic N) is 2. The molecule has 5 nitrogen and oxygen atoms in total. The van der Waals surface area contributed by atoms with Crippen LogP contribution in [0.2, 0.25) is 5.02 Å². The third-order valence-corrected chi connectivity index (χ3v) is 6.71. The van der Waals surface area contributed by atoms with Crippen molar-refractivity contribution in [2.75, 3.05) is 0 Å². The number of furan rings is 1. The Morgan fingerprint density at radius 1 is 0.917 bits per heavy atom. The lowest BCUT2D eigenvalue weighted by atomic mass is 10.1. The fraction of sp³-hybridized carbons (Fsp3) is 0.0345. The zero-order chi connectivity index (χ0) is 24.9. The van der Waals surface area contributed by atoms with Crippen LogP contribution in [0, 0.1) is 6.92 Å². The molecule has 0 saturated carbocycles. The number of aryl methyl sites for hydroxylation is 1. The van der Waals surface area contributed by atoms with Crippen LogP contribution in [0.5, 0.6) is 0 Å². The van der Waals surface area contributed by atoms with Gasteiger partial charge in [0.05, 0.1) is 11.9 Å². The first-order chi connectivity index (χ1) is 17.6. The van der Waals surface area contributed by atoms with E-state index in [0.717, 1.165) is 32.6 Å². The van der Waals surface area contributed by atoms with Crippen molar-refractivity contribution in [2.24, 2.45) is 5.10 Å². The average molecular weight is 512 g/mol. The molecule has 0 bridgehead atoms. The van der Waals surface area contributed by atoms with Gasteiger partial charge in [-0.25, -0.2) is 5.43 Å². The van der Waals surface area contributed by atoms with E-state index in [1.807, 2.05) is 60.7 Å². The molecule has 36 heavy (non-hydrogen) atoms. The van der Waals surface area contributed by atoms with E-state index in [-0.39, 0.29) is 5.91 Å². The Balaban J connectivity index is 1.23. The van der Waals surface area contributed by atoms with Gasteiger partial charge in [0.2, 0.25) is 0 Å². The summed E-state index contributed by atoms with van der Waals surface area (Å²) < 4.78 is 7.92. The molecule has 0 aliphatic carbocycles. The van der Waals surface area contributed by atoms with Gasteiger partial charge in [0.25, 0.3) is 5.91 Å². The SMILES string of the molecule is Cc1ccc(-c2ccccc2)n1-c1ccc(C(=O)N/N=C\c2ccc(Sc3ccc(Cl)cc3)o2)cc1. The maximum Gasteiger partial charge on any atom is 0.271 e. The minimum Gasteiger partial charge on any atom is -0.448 e. The second kappa shape index (κ2) is 10.7. The fourth-order valence-corrected chi connectivity index (χ4v) is 4.68. The highest BCUT2D eigenvalue weighted by atomic mass is 35.5. The third kappa shape index (κ3) is 5.46. The number of halogens is 1. The summed E-state index contributed by atoms with van der Waals surface area (Å²) in [6.07, 6.45) is 1.48. The van der Waals surface area contributed by atoms with Crippen LogP contribution in [-0.4, -0.2) is 16.7 Å². The lowest BCUT2D eigenvalue weighted by Crippen LogP contribution is -2.17. The average Bonchev–Trinajstić information content (AvgIpc) is 3.52. The number of hydrogen-bond acceptors (Lipinski definition) is 4. The van der Waals surface area contributed by atoms with Gasteiger partial charge >= 0.3 is 0 Å². The van der Waals surface area contributed by atoms with Gasteiger partial charge in [0.15, 0.2) is 5.09 Å². The summed E-state index contributed by atoms with van der Waals surface area (Å²) in [4.78, 5) is 13.6. The predicted molar refractivity (Wildman–Crippen MR) is 145 cm³/mol. The number of hydrazone groups is 1. The predicted octanol–water partition coefficient (Wildman–Crippen LogP) is 7.61. The smallest absolute Gasteiger partial charge is 0.271 e. The molecule has 0 fully saturated rings. The van der Waals surface area contributed by atoms with Gasteiger partial charge in [-0.2, -0.15) is 5.10 Å². The number of carbonyl (C=O) groups is 1. The standard InChI is InChI=1S/C29H22ClN3O2S/c1-20-7-17-27(21-5-3-2-4-6-21)33(20)24-12-8-22(9-13-24)29(34)32-31-19-25-14-18-28(35-25)36-26-15-10-23(30)11-16-26/h2-19H,1H3,(H,32,34)/b31-19-. The summed E-state index contributed by atoms with van der Waals surface area (Å²) in [5.41, 5.74) is 7.40. The summed E-state index contributed by atoms with van der Waals surface area (Å²) in [7, 11) is 0. The van der Waals surface area contributed by atoms with E-state index in [4.69, 9.17) is 16.0 Å². The molecule has 1 N–H and O–H groups in total. The van der Waals surface area contributed by atoms with E-state index >= 15 is 0 Å². The Morgan fingerprint density at radius 3 is 2.42 bits per heavy atom. The van der Waals surface area contributed by atoms with Crippen molar-refractivity contribution < 1.29 is 9.21 Å². The number of amides is 1. The number of carbonyl (C=O) groups excluding carboxylic acids is 1. The van der Waals surface area contributed by atoms with Crippen LogP contribution in [0.25, 0.3) is 16.9 Å². The molecule has 1 amide bonds. The Kier molecular flexibility index (Phi) is 7.07. The number of benzene rings is 3. The molecular weight excluding hydrogens is 490 g/mol. The van der Waals surface area contributed by atoms with E-state index in [1.165, 1.54) is 18.0 Å². The van der Waals surface area contributed by atoms with Crippen LogP contribution in [0.1, 0.15) is 21.8 Å². The third-order valence-electron chi connectivity index (χ3n) is 5.53. The fourth-order valence-electron chi connectivity index (χ4n) is 3.77. The minimum absolute atomic E-state index is 0.298. The molecule has 5 aromatic rings. The number of aromatic nitrogens is 1. The van der Waals surface area contributed by atoms with Crippen molar-refractivity contribution in [1.82, 2.24) is 9.99 Å². The highest BCUT2D eigenvalue weighted by Gasteiger charge is 2.11. The van der Waals surface area contributed by atoms with Crippen LogP contribution in [0.3, 0.4) is 0 Å². The largest absolute Gasteiger partial charge is 0.448 e. The van der Waals surface area contributed by atoms with Gasteiger partial charge in [0, 0.05) is 26.9 Å². The normalized spacial score (nSPS) is 11.2. The van der Waals surface area contributed by atoms with Crippen LogP contribution in [-0.2, 0) is 0 Å². The van der Waals surface area contributed by atoms with Crippen molar-refractivity contribution in [3.63, 3.8) is 0 Å². The van der Waals surface area contributed by atoms with E-state index in [0.29, 0.717) is 16.3 Å². The maximum atomic E-state index is 12.6. The summed E-state index contributed by atoms with van der Waals surface area (Å²) in [6, 6.07) is 33.1. The van der Waals surface area contributed by atoms with E-state index < -0.39 is 0 Å². The molecule has 0 spiro atoms. The van der Waals surface area contributed by atoms with Crippen molar-refractivity contribution in [3.8, 4) is 16.9 Å². The van der Waals surface area contributed by atoms with Crippen LogP contribution >= 0.6 is 23.4 Å². The lowest BCUT2D eigenvalue weighted by molar-refractivity contribution is 0.0955. The van der Waals surface area contributed by atoms with E-state index in [1.54, 1.807) is 18.2 Å². The van der Waals surface area contributed by atoms with Gasteiger partial charge in [0.1, 0.15) is 5.76 Å². The monoisotopic (exact) mass is 511 g/mol. The van der Waals surface area contributed by atoms with Gasteiger partial charge in [-0.05, 0) is 85.3 Å². The number of hydrogen-bond donors (Lipinski definition) is 1. The first kappa shape index (κ1) is 23.7. The van der Waals surface area contributed by atoms with Crippen LogP contribution < -0.4 is 5.43 Å². The molecule has 0 aliphatic heterocycles. The van der Waals surface area contributed by atoms with E-state index in [2.05, 4.69) is 46.3 Å². The Hall–Kier alpha value is -4.00. The Morgan fingerprint density at radius 2 is 1.67 bits per heavy atom. The number of rotatable bonds is 7. The van der Waals surface area contributed by atoms with Crippen LogP contribution in [0.4, 0.5) is 0 Å². The Bertz CT molecular complexity index is 1500. The van der Waals surface area contributed by atoms with E-state index in [9.17, 15) is 4.79 Å². The molecule has 3 aromatic carbocycles.